The summed E-state index contributed by atoms with van der Waals surface area (Å²) in [5.74, 6) is -0.272. The van der Waals surface area contributed by atoms with E-state index in [2.05, 4.69) is 5.73 Å². The van der Waals surface area contributed by atoms with Crippen molar-refractivity contribution in [2.75, 3.05) is 13.7 Å². The van der Waals surface area contributed by atoms with Crippen LogP contribution in [0.2, 0.25) is 0 Å². The second-order valence-electron chi connectivity index (χ2n) is 4.93. The van der Waals surface area contributed by atoms with Gasteiger partial charge in [-0.05, 0) is 43.7 Å². The molecule has 0 fully saturated rings. The first-order valence-electron chi connectivity index (χ1n) is 7.16. The normalized spacial score (nSPS) is 13.5. The van der Waals surface area contributed by atoms with Crippen LogP contribution in [-0.4, -0.2) is 13.7 Å². The van der Waals surface area contributed by atoms with E-state index in [0.29, 0.717) is 17.9 Å². The zero-order chi connectivity index (χ0) is 17.0. The summed E-state index contributed by atoms with van der Waals surface area (Å²) in [5.41, 5.74) is 4.61. The fraction of sp³-hybridized carbons (Fsp3) is 0.294. The standard InChI is InChI=1S/C16H12F4O.CH5N/c17-11-6-7-14(16(18,19)20)13(9-11)12-5-1-3-10-4-2-8-21-15(10)12;1-2/h1,3,5-7,9H,2,4,8H2;2H2,1H3. The van der Waals surface area contributed by atoms with Gasteiger partial charge in [0.05, 0.1) is 12.2 Å². The number of ether oxygens (including phenoxy) is 1. The first-order chi connectivity index (χ1) is 11.0. The third-order valence-electron chi connectivity index (χ3n) is 3.51. The molecule has 0 aromatic heterocycles. The Bertz CT molecular complexity index is 683. The smallest absolute Gasteiger partial charge is 0.417 e. The van der Waals surface area contributed by atoms with Gasteiger partial charge >= 0.3 is 6.18 Å². The summed E-state index contributed by atoms with van der Waals surface area (Å²) < 4.78 is 58.4. The van der Waals surface area contributed by atoms with E-state index in [9.17, 15) is 17.6 Å². The van der Waals surface area contributed by atoms with Crippen LogP contribution >= 0.6 is 0 Å². The Balaban J connectivity index is 0.000000924. The van der Waals surface area contributed by atoms with Crippen LogP contribution in [0.25, 0.3) is 11.1 Å². The maximum atomic E-state index is 13.4. The molecule has 0 saturated carbocycles. The number of hydrogen-bond donors (Lipinski definition) is 1. The van der Waals surface area contributed by atoms with E-state index in [1.54, 1.807) is 6.07 Å². The van der Waals surface area contributed by atoms with Crippen LogP contribution in [0.5, 0.6) is 5.75 Å². The summed E-state index contributed by atoms with van der Waals surface area (Å²) in [5, 5.41) is 0. The number of halogens is 4. The number of alkyl halides is 3. The predicted molar refractivity (Wildman–Crippen MR) is 80.8 cm³/mol. The Morgan fingerprint density at radius 1 is 1.04 bits per heavy atom. The average Bonchev–Trinajstić information content (AvgIpc) is 2.55. The molecule has 0 spiro atoms. The number of hydrogen-bond acceptors (Lipinski definition) is 2. The minimum atomic E-state index is -4.54. The molecule has 1 aliphatic rings. The minimum Gasteiger partial charge on any atom is -0.493 e. The van der Waals surface area contributed by atoms with E-state index in [4.69, 9.17) is 4.74 Å². The molecule has 2 N–H and O–H groups in total. The van der Waals surface area contributed by atoms with Crippen molar-refractivity contribution in [2.24, 2.45) is 5.73 Å². The molecule has 0 radical (unpaired) electrons. The molecule has 0 bridgehead atoms. The molecular formula is C17H17F4NO. The number of nitrogens with two attached hydrogens (primary N) is 1. The zero-order valence-corrected chi connectivity index (χ0v) is 12.6. The van der Waals surface area contributed by atoms with Crippen LogP contribution < -0.4 is 10.5 Å². The highest BCUT2D eigenvalue weighted by molar-refractivity contribution is 5.75. The summed E-state index contributed by atoms with van der Waals surface area (Å²) in [7, 11) is 1.50. The van der Waals surface area contributed by atoms with Crippen molar-refractivity contribution in [1.82, 2.24) is 0 Å². The fourth-order valence-corrected chi connectivity index (χ4v) is 2.59. The van der Waals surface area contributed by atoms with Crippen molar-refractivity contribution in [3.63, 3.8) is 0 Å². The van der Waals surface area contributed by atoms with Gasteiger partial charge in [-0.15, -0.1) is 0 Å². The second-order valence-corrected chi connectivity index (χ2v) is 4.93. The maximum Gasteiger partial charge on any atom is 0.417 e. The average molecular weight is 327 g/mol. The largest absolute Gasteiger partial charge is 0.493 e. The summed E-state index contributed by atoms with van der Waals surface area (Å²) in [6.45, 7) is 0.459. The van der Waals surface area contributed by atoms with Gasteiger partial charge in [-0.1, -0.05) is 18.2 Å². The van der Waals surface area contributed by atoms with E-state index >= 15 is 0 Å². The Kier molecular flexibility index (Phi) is 5.26. The maximum absolute atomic E-state index is 13.4. The van der Waals surface area contributed by atoms with E-state index in [1.807, 2.05) is 6.07 Å². The lowest BCUT2D eigenvalue weighted by Crippen LogP contribution is -2.11. The summed E-state index contributed by atoms with van der Waals surface area (Å²) in [6.07, 6.45) is -2.97. The topological polar surface area (TPSA) is 35.2 Å². The summed E-state index contributed by atoms with van der Waals surface area (Å²) in [6, 6.07) is 7.54. The molecule has 0 unspecified atom stereocenters. The molecule has 2 aromatic carbocycles. The van der Waals surface area contributed by atoms with Crippen LogP contribution in [0, 0.1) is 5.82 Å². The first-order valence-corrected chi connectivity index (χ1v) is 7.16. The summed E-state index contributed by atoms with van der Waals surface area (Å²) >= 11 is 0. The van der Waals surface area contributed by atoms with E-state index in [-0.39, 0.29) is 5.56 Å². The van der Waals surface area contributed by atoms with Crippen molar-refractivity contribution >= 4 is 0 Å². The molecule has 2 nitrogen and oxygen atoms in total. The van der Waals surface area contributed by atoms with Gasteiger partial charge in [0.15, 0.2) is 0 Å². The first kappa shape index (κ1) is 17.3. The monoisotopic (exact) mass is 327 g/mol. The SMILES string of the molecule is CN.Fc1ccc(C(F)(F)F)c(-c2cccc3c2OCCC3)c1. The number of benzene rings is 2. The molecule has 23 heavy (non-hydrogen) atoms. The van der Waals surface area contributed by atoms with Crippen LogP contribution in [0.1, 0.15) is 17.5 Å². The highest BCUT2D eigenvalue weighted by atomic mass is 19.4. The molecule has 1 heterocycles. The third-order valence-corrected chi connectivity index (χ3v) is 3.51. The van der Waals surface area contributed by atoms with Crippen molar-refractivity contribution in [2.45, 2.75) is 19.0 Å². The minimum absolute atomic E-state index is 0.179. The molecule has 6 heteroatoms. The van der Waals surface area contributed by atoms with Crippen LogP contribution in [0.3, 0.4) is 0 Å². The van der Waals surface area contributed by atoms with Gasteiger partial charge in [0, 0.05) is 11.1 Å². The molecule has 2 aromatic rings. The molecule has 1 aliphatic heterocycles. The van der Waals surface area contributed by atoms with E-state index < -0.39 is 17.6 Å². The molecule has 0 amide bonds. The lowest BCUT2D eigenvalue weighted by atomic mass is 9.94. The predicted octanol–water partition coefficient (Wildman–Crippen LogP) is 4.41. The van der Waals surface area contributed by atoms with Gasteiger partial charge in [-0.3, -0.25) is 0 Å². The fourth-order valence-electron chi connectivity index (χ4n) is 2.59. The second kappa shape index (κ2) is 7.00. The van der Waals surface area contributed by atoms with Crippen LogP contribution in [0.4, 0.5) is 17.6 Å². The van der Waals surface area contributed by atoms with E-state index in [0.717, 1.165) is 36.6 Å². The van der Waals surface area contributed by atoms with E-state index in [1.165, 1.54) is 13.1 Å². The van der Waals surface area contributed by atoms with Gasteiger partial charge < -0.3 is 10.5 Å². The van der Waals surface area contributed by atoms with Crippen molar-refractivity contribution in [3.05, 3.63) is 53.3 Å². The lowest BCUT2D eigenvalue weighted by Gasteiger charge is -2.22. The highest BCUT2D eigenvalue weighted by Crippen LogP contribution is 2.42. The van der Waals surface area contributed by atoms with Crippen LogP contribution in [-0.2, 0) is 12.6 Å². The third kappa shape index (κ3) is 3.64. The zero-order valence-electron chi connectivity index (χ0n) is 12.6. The molecular weight excluding hydrogens is 310 g/mol. The van der Waals surface area contributed by atoms with Crippen LogP contribution in [0.15, 0.2) is 36.4 Å². The number of para-hydroxylation sites is 1. The lowest BCUT2D eigenvalue weighted by molar-refractivity contribution is -0.137. The summed E-state index contributed by atoms with van der Waals surface area (Å²) in [4.78, 5) is 0. The van der Waals surface area contributed by atoms with Crippen molar-refractivity contribution < 1.29 is 22.3 Å². The molecule has 0 aliphatic carbocycles. The molecule has 3 rings (SSSR count). The Labute approximate surface area is 131 Å². The van der Waals surface area contributed by atoms with Gasteiger partial charge in [-0.25, -0.2) is 4.39 Å². The molecule has 124 valence electrons. The number of rotatable bonds is 1. The Hall–Kier alpha value is -2.08. The Morgan fingerprint density at radius 2 is 1.78 bits per heavy atom. The highest BCUT2D eigenvalue weighted by Gasteiger charge is 2.34. The van der Waals surface area contributed by atoms with Gasteiger partial charge in [-0.2, -0.15) is 13.2 Å². The molecule has 0 atom stereocenters. The van der Waals surface area contributed by atoms with Crippen molar-refractivity contribution in [3.8, 4) is 16.9 Å². The molecule has 0 saturated heterocycles. The number of fused-ring (bicyclic) bond motifs is 1. The quantitative estimate of drug-likeness (QED) is 0.787. The van der Waals surface area contributed by atoms with Gasteiger partial charge in [0.2, 0.25) is 0 Å². The number of aryl methyl sites for hydroxylation is 1. The van der Waals surface area contributed by atoms with Gasteiger partial charge in [0.1, 0.15) is 11.6 Å². The van der Waals surface area contributed by atoms with Gasteiger partial charge in [0.25, 0.3) is 0 Å². The Morgan fingerprint density at radius 3 is 2.48 bits per heavy atom. The van der Waals surface area contributed by atoms with Crippen molar-refractivity contribution in [1.29, 1.82) is 0 Å².